The zero-order chi connectivity index (χ0) is 20.2. The van der Waals surface area contributed by atoms with Crippen molar-refractivity contribution in [3.63, 3.8) is 0 Å². The Labute approximate surface area is 169 Å². The van der Waals surface area contributed by atoms with Gasteiger partial charge in [-0.15, -0.1) is 0 Å². The first kappa shape index (κ1) is 19.0. The van der Waals surface area contributed by atoms with Crippen molar-refractivity contribution in [3.05, 3.63) is 103 Å². The lowest BCUT2D eigenvalue weighted by atomic mass is 10.1. The minimum atomic E-state index is -2.17. The monoisotopic (exact) mass is 381 g/mol. The Hall–Kier alpha value is -3.38. The van der Waals surface area contributed by atoms with Gasteiger partial charge in [0.05, 0.1) is 11.0 Å². The fraction of sp³-hybridized carbons (Fsp3) is 0. The van der Waals surface area contributed by atoms with Crippen molar-refractivity contribution in [1.29, 1.82) is 0 Å². The second kappa shape index (κ2) is 8.33. The molecule has 5 rings (SSSR count). The summed E-state index contributed by atoms with van der Waals surface area (Å²) in [5, 5.41) is 24.1. The van der Waals surface area contributed by atoms with Crippen molar-refractivity contribution in [2.75, 3.05) is 0 Å². The molecule has 0 radical (unpaired) electrons. The minimum absolute atomic E-state index is 1.19. The van der Waals surface area contributed by atoms with Crippen LogP contribution in [0.3, 0.4) is 0 Å². The molecule has 0 amide bonds. The maximum Gasteiger partial charge on any atom is 0.631 e. The number of hydrogen-bond donors (Lipinski definition) is 3. The molecule has 5 aromatic rings. The van der Waals surface area contributed by atoms with Crippen LogP contribution in [-0.4, -0.2) is 27.0 Å². The number of benzene rings is 4. The SMILES string of the molecule is OB(O)O.c1ccc(-c2ccc(-n3c4ccccc4c4ccccc43)cc2)cc1. The predicted octanol–water partition coefficient (Wildman–Crippen LogP) is 4.40. The van der Waals surface area contributed by atoms with Crippen LogP contribution in [0.25, 0.3) is 38.6 Å². The van der Waals surface area contributed by atoms with Gasteiger partial charge in [0.1, 0.15) is 0 Å². The molecule has 4 aromatic carbocycles. The zero-order valence-corrected chi connectivity index (χ0v) is 15.7. The quantitative estimate of drug-likeness (QED) is 0.397. The summed E-state index contributed by atoms with van der Waals surface area (Å²) < 4.78 is 2.35. The van der Waals surface area contributed by atoms with E-state index in [-0.39, 0.29) is 0 Å². The summed E-state index contributed by atoms with van der Waals surface area (Å²) in [4.78, 5) is 0. The fourth-order valence-electron chi connectivity index (χ4n) is 3.63. The van der Waals surface area contributed by atoms with Gasteiger partial charge < -0.3 is 19.6 Å². The number of fused-ring (bicyclic) bond motifs is 3. The third-order valence-corrected chi connectivity index (χ3v) is 4.81. The average molecular weight is 381 g/mol. The summed E-state index contributed by atoms with van der Waals surface area (Å²) in [6.45, 7) is 0. The van der Waals surface area contributed by atoms with Crippen LogP contribution in [0, 0.1) is 0 Å². The molecule has 0 aliphatic heterocycles. The van der Waals surface area contributed by atoms with Gasteiger partial charge >= 0.3 is 7.32 Å². The van der Waals surface area contributed by atoms with Gasteiger partial charge in [0.2, 0.25) is 0 Å². The van der Waals surface area contributed by atoms with E-state index in [0.717, 1.165) is 0 Å². The van der Waals surface area contributed by atoms with Crippen LogP contribution in [0.1, 0.15) is 0 Å². The average Bonchev–Trinajstić information content (AvgIpc) is 3.09. The van der Waals surface area contributed by atoms with E-state index in [4.69, 9.17) is 15.1 Å². The van der Waals surface area contributed by atoms with Crippen molar-refractivity contribution >= 4 is 29.1 Å². The second-order valence-electron chi connectivity index (χ2n) is 6.63. The second-order valence-corrected chi connectivity index (χ2v) is 6.63. The van der Waals surface area contributed by atoms with Gasteiger partial charge in [-0.3, -0.25) is 0 Å². The Morgan fingerprint density at radius 3 is 1.41 bits per heavy atom. The first-order valence-corrected chi connectivity index (χ1v) is 9.33. The normalized spacial score (nSPS) is 10.6. The molecular weight excluding hydrogens is 361 g/mol. The molecule has 0 aliphatic carbocycles. The number of nitrogens with zero attached hydrogens (tertiary/aromatic N) is 1. The van der Waals surface area contributed by atoms with E-state index in [2.05, 4.69) is 108 Å². The summed E-state index contributed by atoms with van der Waals surface area (Å²) in [5.74, 6) is 0. The van der Waals surface area contributed by atoms with Gasteiger partial charge in [-0.25, -0.2) is 0 Å². The van der Waals surface area contributed by atoms with E-state index in [1.165, 1.54) is 38.6 Å². The molecule has 5 heteroatoms. The first-order valence-electron chi connectivity index (χ1n) is 9.33. The lowest BCUT2D eigenvalue weighted by molar-refractivity contribution is 0.278. The Morgan fingerprint density at radius 1 is 0.483 bits per heavy atom. The van der Waals surface area contributed by atoms with Gasteiger partial charge in [0, 0.05) is 16.5 Å². The van der Waals surface area contributed by atoms with Crippen LogP contribution in [0.15, 0.2) is 103 Å². The molecule has 0 saturated carbocycles. The molecule has 142 valence electrons. The van der Waals surface area contributed by atoms with Gasteiger partial charge in [-0.2, -0.15) is 0 Å². The Bertz CT molecular complexity index is 1180. The maximum absolute atomic E-state index is 7.17. The molecule has 0 atom stereocenters. The third-order valence-electron chi connectivity index (χ3n) is 4.81. The van der Waals surface area contributed by atoms with Crippen LogP contribution in [0.2, 0.25) is 0 Å². The summed E-state index contributed by atoms with van der Waals surface area (Å²) in [6, 6.07) is 36.6. The molecule has 0 fully saturated rings. The number of hydrogen-bond acceptors (Lipinski definition) is 3. The van der Waals surface area contributed by atoms with Gasteiger partial charge in [0.15, 0.2) is 0 Å². The van der Waals surface area contributed by atoms with Gasteiger partial charge in [-0.05, 0) is 35.4 Å². The van der Waals surface area contributed by atoms with Crippen molar-refractivity contribution in [2.24, 2.45) is 0 Å². The van der Waals surface area contributed by atoms with E-state index < -0.39 is 7.32 Å². The maximum atomic E-state index is 7.17. The molecule has 0 spiro atoms. The molecule has 0 unspecified atom stereocenters. The zero-order valence-electron chi connectivity index (χ0n) is 15.7. The molecule has 0 saturated heterocycles. The highest BCUT2D eigenvalue weighted by Crippen LogP contribution is 2.32. The van der Waals surface area contributed by atoms with Crippen molar-refractivity contribution in [1.82, 2.24) is 4.57 Å². The van der Waals surface area contributed by atoms with E-state index >= 15 is 0 Å². The van der Waals surface area contributed by atoms with Crippen LogP contribution in [-0.2, 0) is 0 Å². The Kier molecular flexibility index (Phi) is 5.45. The molecule has 1 aromatic heterocycles. The summed E-state index contributed by atoms with van der Waals surface area (Å²) >= 11 is 0. The fourth-order valence-corrected chi connectivity index (χ4v) is 3.63. The summed E-state index contributed by atoms with van der Waals surface area (Å²) in [6.07, 6.45) is 0. The first-order chi connectivity index (χ1) is 14.1. The number of aromatic nitrogens is 1. The molecule has 3 N–H and O–H groups in total. The lowest BCUT2D eigenvalue weighted by Gasteiger charge is -2.09. The van der Waals surface area contributed by atoms with Crippen LogP contribution >= 0.6 is 0 Å². The van der Waals surface area contributed by atoms with E-state index in [1.54, 1.807) is 0 Å². The molecular formula is C24H20BNO3. The standard InChI is InChI=1S/C24H17N.BH3O3/c1-2-8-18(9-3-1)19-14-16-20(17-15-19)25-23-12-6-4-10-21(23)22-11-5-7-13-24(22)25;2-1(3)4/h1-17H;2-4H. The van der Waals surface area contributed by atoms with E-state index in [0.29, 0.717) is 0 Å². The highest BCUT2D eigenvalue weighted by molar-refractivity contribution is 6.30. The molecule has 0 aliphatic rings. The highest BCUT2D eigenvalue weighted by atomic mass is 16.5. The van der Waals surface area contributed by atoms with Crippen LogP contribution in [0.4, 0.5) is 0 Å². The number of rotatable bonds is 2. The Morgan fingerprint density at radius 2 is 0.897 bits per heavy atom. The highest BCUT2D eigenvalue weighted by Gasteiger charge is 2.11. The molecule has 29 heavy (non-hydrogen) atoms. The van der Waals surface area contributed by atoms with Gasteiger partial charge in [-0.1, -0.05) is 78.9 Å². The summed E-state index contributed by atoms with van der Waals surface area (Å²) in [5.41, 5.74) is 6.17. The third kappa shape index (κ3) is 3.93. The van der Waals surface area contributed by atoms with Crippen molar-refractivity contribution in [2.45, 2.75) is 0 Å². The molecule has 0 bridgehead atoms. The predicted molar refractivity (Wildman–Crippen MR) is 119 cm³/mol. The molecule has 4 nitrogen and oxygen atoms in total. The lowest BCUT2D eigenvalue weighted by Crippen LogP contribution is -2.07. The largest absolute Gasteiger partial charge is 0.631 e. The van der Waals surface area contributed by atoms with Crippen molar-refractivity contribution < 1.29 is 15.1 Å². The van der Waals surface area contributed by atoms with Gasteiger partial charge in [0.25, 0.3) is 0 Å². The van der Waals surface area contributed by atoms with Crippen LogP contribution < -0.4 is 0 Å². The topological polar surface area (TPSA) is 65.6 Å². The summed E-state index contributed by atoms with van der Waals surface area (Å²) in [7, 11) is -2.17. The Balaban J connectivity index is 0.000000472. The van der Waals surface area contributed by atoms with Crippen LogP contribution in [0.5, 0.6) is 0 Å². The van der Waals surface area contributed by atoms with Crippen molar-refractivity contribution in [3.8, 4) is 16.8 Å². The molecule has 1 heterocycles. The minimum Gasteiger partial charge on any atom is -0.402 e. The smallest absolute Gasteiger partial charge is 0.402 e. The van der Waals surface area contributed by atoms with E-state index in [9.17, 15) is 0 Å². The number of para-hydroxylation sites is 2. The van der Waals surface area contributed by atoms with E-state index in [1.807, 2.05) is 0 Å².